The monoisotopic (exact) mass is 181 g/mol. The number of hydrogen-bond donors (Lipinski definition) is 1. The average molecular weight is 181 g/mol. The van der Waals surface area contributed by atoms with E-state index in [2.05, 4.69) is 5.73 Å². The third-order valence-electron chi connectivity index (χ3n) is 0. The second kappa shape index (κ2) is 1820. The van der Waals surface area contributed by atoms with Crippen LogP contribution in [-0.2, 0) is 9.59 Å². The third kappa shape index (κ3) is 1310. The molecule has 0 aliphatic rings. The summed E-state index contributed by atoms with van der Waals surface area (Å²) in [5.74, 6) is 0. The zero-order valence-electron chi connectivity index (χ0n) is 9.81. The molecule has 0 spiro atoms. The first-order chi connectivity index (χ1) is 6.00. The molecule has 0 bridgehead atoms. The van der Waals surface area contributed by atoms with Crippen molar-refractivity contribution in [3.63, 3.8) is 0 Å². The number of nitrogens with two attached hydrogens (primary N) is 1. The van der Waals surface area contributed by atoms with Crippen LogP contribution in [-0.4, -0.2) is 20.6 Å². The Kier molecular flexibility index (Phi) is 6470. The SMILES string of the molecule is C=O.C=O.CC.CC.CC.CN. The molecule has 0 aliphatic carbocycles. The van der Waals surface area contributed by atoms with Crippen LogP contribution < -0.4 is 5.73 Å². The molecule has 0 rings (SSSR count). The van der Waals surface area contributed by atoms with Gasteiger partial charge in [-0.1, -0.05) is 41.5 Å². The fourth-order valence-corrected chi connectivity index (χ4v) is 0. The Balaban J connectivity index is -0.00000000900. The van der Waals surface area contributed by atoms with E-state index in [9.17, 15) is 0 Å². The summed E-state index contributed by atoms with van der Waals surface area (Å²) in [5.41, 5.74) is 4.50. The number of rotatable bonds is 0. The molecule has 0 aromatic carbocycles. The summed E-state index contributed by atoms with van der Waals surface area (Å²) >= 11 is 0. The summed E-state index contributed by atoms with van der Waals surface area (Å²) in [6, 6.07) is 0. The maximum atomic E-state index is 8.00. The Morgan fingerprint density at radius 2 is 0.583 bits per heavy atom. The Morgan fingerprint density at radius 1 is 0.583 bits per heavy atom. The molecule has 0 aromatic heterocycles. The minimum atomic E-state index is 1.50. The van der Waals surface area contributed by atoms with Crippen molar-refractivity contribution in [1.29, 1.82) is 0 Å². The fraction of sp³-hybridized carbons (Fsp3) is 0.778. The summed E-state index contributed by atoms with van der Waals surface area (Å²) in [4.78, 5) is 16.0. The maximum absolute atomic E-state index is 8.00. The van der Waals surface area contributed by atoms with Crippen molar-refractivity contribution in [2.45, 2.75) is 41.5 Å². The maximum Gasteiger partial charge on any atom is 0.106 e. The van der Waals surface area contributed by atoms with Crippen molar-refractivity contribution in [3.05, 3.63) is 0 Å². The van der Waals surface area contributed by atoms with Crippen molar-refractivity contribution in [1.82, 2.24) is 0 Å². The predicted octanol–water partition coefficient (Wildman–Crippen LogP) is 2.28. The van der Waals surface area contributed by atoms with Gasteiger partial charge in [-0.2, -0.15) is 0 Å². The second-order valence-electron chi connectivity index (χ2n) is 0. The molecule has 0 atom stereocenters. The Labute approximate surface area is 78.4 Å². The first-order valence-corrected chi connectivity index (χ1v) is 4.15. The van der Waals surface area contributed by atoms with Gasteiger partial charge in [0.1, 0.15) is 13.6 Å². The van der Waals surface area contributed by atoms with Crippen LogP contribution >= 0.6 is 0 Å². The van der Waals surface area contributed by atoms with Crippen molar-refractivity contribution < 1.29 is 9.59 Å². The smallest absolute Gasteiger partial charge is 0.106 e. The van der Waals surface area contributed by atoms with Gasteiger partial charge in [0.25, 0.3) is 0 Å². The number of carbonyl (C=O) groups is 2. The van der Waals surface area contributed by atoms with E-state index in [1.807, 2.05) is 55.1 Å². The predicted molar refractivity (Wildman–Crippen MR) is 58.4 cm³/mol. The second-order valence-corrected chi connectivity index (χ2v) is 0. The summed E-state index contributed by atoms with van der Waals surface area (Å²) in [6.45, 7) is 16.0. The van der Waals surface area contributed by atoms with Crippen LogP contribution in [0.4, 0.5) is 0 Å². The molecule has 0 heterocycles. The highest BCUT2D eigenvalue weighted by Crippen LogP contribution is 1.15. The largest absolute Gasteiger partial charge is 0.333 e. The van der Waals surface area contributed by atoms with E-state index < -0.39 is 0 Å². The van der Waals surface area contributed by atoms with Crippen molar-refractivity contribution >= 4 is 13.6 Å². The Hall–Kier alpha value is -0.700. The Morgan fingerprint density at radius 3 is 0.583 bits per heavy atom. The van der Waals surface area contributed by atoms with Crippen LogP contribution in [0.5, 0.6) is 0 Å². The third-order valence-corrected chi connectivity index (χ3v) is 0. The van der Waals surface area contributed by atoms with E-state index >= 15 is 0 Å². The Bertz CT molecular complexity index is 14.5. The van der Waals surface area contributed by atoms with Gasteiger partial charge in [-0.15, -0.1) is 0 Å². The van der Waals surface area contributed by atoms with Gasteiger partial charge in [0.05, 0.1) is 0 Å². The van der Waals surface area contributed by atoms with E-state index in [0.717, 1.165) is 0 Å². The minimum Gasteiger partial charge on any atom is -0.333 e. The molecule has 0 saturated carbocycles. The molecule has 0 unspecified atom stereocenters. The molecule has 0 fully saturated rings. The standard InChI is InChI=1S/3C2H6.CH5N.2CH2O/c6*1-2/h3*1-2H3;2H2,1H3;2*1H2. The highest BCUT2D eigenvalue weighted by atomic mass is 16.1. The van der Waals surface area contributed by atoms with Crippen LogP contribution in [0.3, 0.4) is 0 Å². The lowest BCUT2D eigenvalue weighted by molar-refractivity contribution is -0.0987. The first kappa shape index (κ1) is 42.7. The van der Waals surface area contributed by atoms with E-state index in [1.165, 1.54) is 7.05 Å². The van der Waals surface area contributed by atoms with Gasteiger partial charge in [-0.05, 0) is 7.05 Å². The molecule has 0 saturated heterocycles. The lowest BCUT2D eigenvalue weighted by Gasteiger charge is -1.19. The molecular formula is C9H27NO2. The molecule has 2 N–H and O–H groups in total. The molecule has 0 aliphatic heterocycles. The quantitative estimate of drug-likeness (QED) is 0.623. The van der Waals surface area contributed by atoms with Crippen molar-refractivity contribution in [2.24, 2.45) is 5.73 Å². The van der Waals surface area contributed by atoms with Crippen LogP contribution in [0.1, 0.15) is 41.5 Å². The van der Waals surface area contributed by atoms with E-state index in [4.69, 9.17) is 9.59 Å². The van der Waals surface area contributed by atoms with Gasteiger partial charge in [-0.3, -0.25) is 0 Å². The molecule has 3 nitrogen and oxygen atoms in total. The zero-order chi connectivity index (χ0) is 12.0. The topological polar surface area (TPSA) is 60.2 Å². The fourth-order valence-electron chi connectivity index (χ4n) is 0. The lowest BCUT2D eigenvalue weighted by atomic mass is 11.0. The molecule has 0 aromatic rings. The van der Waals surface area contributed by atoms with Crippen molar-refractivity contribution in [3.8, 4) is 0 Å². The van der Waals surface area contributed by atoms with E-state index in [0.29, 0.717) is 0 Å². The summed E-state index contributed by atoms with van der Waals surface area (Å²) in [6.07, 6.45) is 0. The average Bonchev–Trinajstić information content (AvgIpc) is 2.33. The van der Waals surface area contributed by atoms with Gasteiger partial charge in [-0.25, -0.2) is 0 Å². The molecule has 80 valence electrons. The minimum absolute atomic E-state index is 1.50. The normalized spacial score (nSPS) is 2.67. The molecule has 0 radical (unpaired) electrons. The molecule has 12 heavy (non-hydrogen) atoms. The van der Waals surface area contributed by atoms with Crippen LogP contribution in [0.25, 0.3) is 0 Å². The highest BCUT2D eigenvalue weighted by molar-refractivity contribution is 5.11. The van der Waals surface area contributed by atoms with E-state index in [1.54, 1.807) is 0 Å². The van der Waals surface area contributed by atoms with Crippen LogP contribution in [0.15, 0.2) is 0 Å². The van der Waals surface area contributed by atoms with Gasteiger partial charge < -0.3 is 15.3 Å². The van der Waals surface area contributed by atoms with Crippen molar-refractivity contribution in [2.75, 3.05) is 7.05 Å². The summed E-state index contributed by atoms with van der Waals surface area (Å²) < 4.78 is 0. The summed E-state index contributed by atoms with van der Waals surface area (Å²) in [5, 5.41) is 0. The number of hydrogen-bond acceptors (Lipinski definition) is 3. The van der Waals surface area contributed by atoms with Crippen LogP contribution in [0, 0.1) is 0 Å². The van der Waals surface area contributed by atoms with Crippen LogP contribution in [0.2, 0.25) is 0 Å². The number of carbonyl (C=O) groups excluding carboxylic acids is 2. The summed E-state index contributed by atoms with van der Waals surface area (Å²) in [7, 11) is 1.50. The highest BCUT2D eigenvalue weighted by Gasteiger charge is 0.936. The first-order valence-electron chi connectivity index (χ1n) is 4.15. The van der Waals surface area contributed by atoms with E-state index in [-0.39, 0.29) is 0 Å². The lowest BCUT2D eigenvalue weighted by Crippen LogP contribution is -1.69. The van der Waals surface area contributed by atoms with Gasteiger partial charge in [0.2, 0.25) is 0 Å². The molecular weight excluding hydrogens is 154 g/mol. The van der Waals surface area contributed by atoms with Gasteiger partial charge in [0.15, 0.2) is 0 Å². The zero-order valence-corrected chi connectivity index (χ0v) is 9.81. The molecule has 0 amide bonds. The van der Waals surface area contributed by atoms with Gasteiger partial charge >= 0.3 is 0 Å². The van der Waals surface area contributed by atoms with Gasteiger partial charge in [0, 0.05) is 0 Å². The molecule has 3 heteroatoms.